The van der Waals surface area contributed by atoms with Gasteiger partial charge in [0, 0.05) is 0 Å². The van der Waals surface area contributed by atoms with E-state index in [4.69, 9.17) is 15.3 Å². The highest BCUT2D eigenvalue weighted by atomic mass is 16.6. The van der Waals surface area contributed by atoms with Crippen molar-refractivity contribution < 1.29 is 60.6 Å². The summed E-state index contributed by atoms with van der Waals surface area (Å²) in [7, 11) is 0. The first-order chi connectivity index (χ1) is 11.5. The van der Waals surface area contributed by atoms with E-state index in [9.17, 15) is 40.5 Å². The summed E-state index contributed by atoms with van der Waals surface area (Å²) in [6.45, 7) is -0.757. The normalized spacial score (nSPS) is 22.8. The Morgan fingerprint density at radius 2 is 1.12 bits per heavy atom. The third-order valence-corrected chi connectivity index (χ3v) is 3.56. The Bertz CT molecular complexity index is 393. The summed E-state index contributed by atoms with van der Waals surface area (Å²) in [5, 5.41) is 93.0. The molecule has 0 saturated carbocycles. The Labute approximate surface area is 142 Å². The number of hydrogen-bond acceptors (Lipinski definition) is 12. The Morgan fingerprint density at radius 3 is 1.52 bits per heavy atom. The number of ether oxygens (including phenoxy) is 1. The fourth-order valence-electron chi connectivity index (χ4n) is 1.80. The lowest BCUT2D eigenvalue weighted by Gasteiger charge is -2.30. The fourth-order valence-corrected chi connectivity index (χ4v) is 1.80. The lowest BCUT2D eigenvalue weighted by Crippen LogP contribution is -2.53. The van der Waals surface area contributed by atoms with Crippen LogP contribution in [0.3, 0.4) is 0 Å². The summed E-state index contributed by atoms with van der Waals surface area (Å²) in [4.78, 5) is 11.7. The Kier molecular flexibility index (Phi) is 10.5. The van der Waals surface area contributed by atoms with Crippen molar-refractivity contribution in [3.8, 4) is 0 Å². The molecule has 0 aromatic rings. The van der Waals surface area contributed by atoms with E-state index < -0.39 is 74.1 Å². The topological polar surface area (TPSA) is 229 Å². The maximum Gasteiger partial charge on any atom is 0.338 e. The van der Waals surface area contributed by atoms with Gasteiger partial charge in [-0.05, 0) is 6.92 Å². The van der Waals surface area contributed by atoms with Crippen LogP contribution in [-0.2, 0) is 9.53 Å². The zero-order valence-electron chi connectivity index (χ0n) is 13.4. The molecule has 0 saturated heterocycles. The number of hydrogen-bond donors (Lipinski definition) is 10. The van der Waals surface area contributed by atoms with Gasteiger partial charge in [-0.2, -0.15) is 0 Å². The van der Waals surface area contributed by atoms with Crippen LogP contribution in [0.15, 0.2) is 0 Å². The molecule has 0 aliphatic heterocycles. The average molecular weight is 374 g/mol. The number of aliphatic hydroxyl groups is 10. The summed E-state index contributed by atoms with van der Waals surface area (Å²) >= 11 is 0. The van der Waals surface area contributed by atoms with Gasteiger partial charge in [0.05, 0.1) is 13.2 Å². The number of aliphatic hydroxyl groups excluding tert-OH is 10. The molecule has 10 N–H and O–H groups in total. The van der Waals surface area contributed by atoms with Crippen LogP contribution in [-0.4, -0.2) is 125 Å². The Morgan fingerprint density at radius 1 is 0.720 bits per heavy atom. The first-order valence-corrected chi connectivity index (χ1v) is 7.36. The smallest absolute Gasteiger partial charge is 0.338 e. The van der Waals surface area contributed by atoms with E-state index in [1.807, 2.05) is 0 Å². The summed E-state index contributed by atoms with van der Waals surface area (Å²) in [6, 6.07) is 0. The second-order valence-electron chi connectivity index (χ2n) is 5.54. The van der Waals surface area contributed by atoms with Crippen molar-refractivity contribution in [3.05, 3.63) is 0 Å². The zero-order chi connectivity index (χ0) is 19.9. The van der Waals surface area contributed by atoms with Crippen molar-refractivity contribution in [1.82, 2.24) is 0 Å². The molecule has 0 amide bonds. The average Bonchev–Trinajstić information content (AvgIpc) is 2.62. The van der Waals surface area contributed by atoms with E-state index in [0.29, 0.717) is 0 Å². The minimum atomic E-state index is -2.40. The Hall–Kier alpha value is -0.930. The van der Waals surface area contributed by atoms with Crippen LogP contribution in [0.4, 0.5) is 0 Å². The van der Waals surface area contributed by atoms with Gasteiger partial charge >= 0.3 is 5.97 Å². The second-order valence-corrected chi connectivity index (χ2v) is 5.54. The van der Waals surface area contributed by atoms with Gasteiger partial charge in [-0.25, -0.2) is 4.79 Å². The van der Waals surface area contributed by atoms with Gasteiger partial charge in [0.15, 0.2) is 6.10 Å². The minimum Gasteiger partial charge on any atom is -0.458 e. The number of esters is 1. The van der Waals surface area contributed by atoms with E-state index in [1.165, 1.54) is 0 Å². The maximum atomic E-state index is 11.7. The summed E-state index contributed by atoms with van der Waals surface area (Å²) in [5.41, 5.74) is 0. The van der Waals surface area contributed by atoms with Gasteiger partial charge in [-0.1, -0.05) is 0 Å². The van der Waals surface area contributed by atoms with Crippen LogP contribution in [0.25, 0.3) is 0 Å². The summed E-state index contributed by atoms with van der Waals surface area (Å²) < 4.78 is 4.57. The molecule has 0 bridgehead atoms. The van der Waals surface area contributed by atoms with Crippen LogP contribution in [0, 0.1) is 0 Å². The molecule has 12 heteroatoms. The molecule has 0 heterocycles. The highest BCUT2D eigenvalue weighted by Crippen LogP contribution is 2.13. The lowest BCUT2D eigenvalue weighted by molar-refractivity contribution is -0.187. The third kappa shape index (κ3) is 6.71. The molecule has 0 radical (unpaired) electrons. The molecule has 0 aliphatic rings. The SMILES string of the molecule is C[C@H](OC(=O)C(O)C(O)C(O)C(O)C(O)CO)[C@@H](O)[C@H](O)[C@H](O)CO. The molecule has 0 aromatic heterocycles. The van der Waals surface area contributed by atoms with E-state index >= 15 is 0 Å². The van der Waals surface area contributed by atoms with Crippen LogP contribution >= 0.6 is 0 Å². The first-order valence-electron chi connectivity index (χ1n) is 7.36. The van der Waals surface area contributed by atoms with Gasteiger partial charge in [-0.3, -0.25) is 0 Å². The van der Waals surface area contributed by atoms with Crippen molar-refractivity contribution >= 4 is 5.97 Å². The summed E-state index contributed by atoms with van der Waals surface area (Å²) in [6.07, 6.45) is -17.8. The number of carbonyl (C=O) groups is 1. The molecule has 0 rings (SSSR count). The largest absolute Gasteiger partial charge is 0.458 e. The van der Waals surface area contributed by atoms with E-state index in [-0.39, 0.29) is 0 Å². The van der Waals surface area contributed by atoms with Crippen LogP contribution in [0.5, 0.6) is 0 Å². The van der Waals surface area contributed by atoms with Crippen molar-refractivity contribution in [2.75, 3.05) is 13.2 Å². The quantitative estimate of drug-likeness (QED) is 0.152. The van der Waals surface area contributed by atoms with Gasteiger partial charge in [0.2, 0.25) is 0 Å². The van der Waals surface area contributed by atoms with Gasteiger partial charge in [0.1, 0.15) is 48.8 Å². The van der Waals surface area contributed by atoms with Crippen LogP contribution < -0.4 is 0 Å². The molecule has 12 nitrogen and oxygen atoms in total. The monoisotopic (exact) mass is 374 g/mol. The second kappa shape index (κ2) is 10.9. The van der Waals surface area contributed by atoms with Crippen LogP contribution in [0.1, 0.15) is 6.92 Å². The molecule has 0 fully saturated rings. The molecule has 9 atom stereocenters. The molecule has 5 unspecified atom stereocenters. The lowest BCUT2D eigenvalue weighted by atomic mass is 9.99. The van der Waals surface area contributed by atoms with E-state index in [1.54, 1.807) is 0 Å². The fraction of sp³-hybridized carbons (Fsp3) is 0.923. The molecular weight excluding hydrogens is 348 g/mol. The maximum absolute atomic E-state index is 11.7. The van der Waals surface area contributed by atoms with Crippen LogP contribution in [0.2, 0.25) is 0 Å². The van der Waals surface area contributed by atoms with Crippen molar-refractivity contribution in [1.29, 1.82) is 0 Å². The van der Waals surface area contributed by atoms with Crippen molar-refractivity contribution in [3.63, 3.8) is 0 Å². The number of rotatable bonds is 11. The van der Waals surface area contributed by atoms with Gasteiger partial charge < -0.3 is 55.8 Å². The molecular formula is C13H26O12. The molecule has 0 spiro atoms. The molecule has 150 valence electrons. The minimum absolute atomic E-state index is 0.877. The molecule has 25 heavy (non-hydrogen) atoms. The van der Waals surface area contributed by atoms with Crippen molar-refractivity contribution in [2.45, 2.75) is 61.9 Å². The molecule has 0 aromatic carbocycles. The Balaban J connectivity index is 4.77. The van der Waals surface area contributed by atoms with E-state index in [0.717, 1.165) is 6.92 Å². The first kappa shape index (κ1) is 24.1. The standard InChI is InChI=1S/C13H26O12/c1-4(7(18)8(19)5(16)2-14)25-13(24)12(23)11(22)10(21)9(20)6(17)3-15/h4-12,14-23H,2-3H2,1H3/t4-,5+,6?,7+,8+,9?,10?,11?,12?/m0/s1. The van der Waals surface area contributed by atoms with Gasteiger partial charge in [0.25, 0.3) is 0 Å². The summed E-state index contributed by atoms with van der Waals surface area (Å²) in [5.74, 6) is -1.55. The highest BCUT2D eigenvalue weighted by Gasteiger charge is 2.39. The third-order valence-electron chi connectivity index (χ3n) is 3.56. The number of carbonyl (C=O) groups excluding carboxylic acids is 1. The highest BCUT2D eigenvalue weighted by molar-refractivity contribution is 5.75. The zero-order valence-corrected chi connectivity index (χ0v) is 13.4. The predicted molar refractivity (Wildman–Crippen MR) is 77.8 cm³/mol. The van der Waals surface area contributed by atoms with E-state index in [2.05, 4.69) is 4.74 Å². The van der Waals surface area contributed by atoms with Crippen molar-refractivity contribution in [2.24, 2.45) is 0 Å². The molecule has 0 aliphatic carbocycles. The predicted octanol–water partition coefficient (Wildman–Crippen LogP) is -6.21. The van der Waals surface area contributed by atoms with Gasteiger partial charge in [-0.15, -0.1) is 0 Å².